The van der Waals surface area contributed by atoms with E-state index in [2.05, 4.69) is 13.8 Å². The van der Waals surface area contributed by atoms with Crippen LogP contribution >= 0.6 is 0 Å². The first-order valence-corrected chi connectivity index (χ1v) is 5.92. The van der Waals surface area contributed by atoms with E-state index in [0.717, 1.165) is 19.3 Å². The summed E-state index contributed by atoms with van der Waals surface area (Å²) in [7, 11) is 0. The summed E-state index contributed by atoms with van der Waals surface area (Å²) in [4.78, 5) is 11.5. The summed E-state index contributed by atoms with van der Waals surface area (Å²) >= 11 is 0. The zero-order chi connectivity index (χ0) is 11.5. The van der Waals surface area contributed by atoms with E-state index >= 15 is 0 Å². The lowest BCUT2D eigenvalue weighted by atomic mass is 9.70. The van der Waals surface area contributed by atoms with Crippen LogP contribution in [0, 0.1) is 11.8 Å². The fourth-order valence-electron chi connectivity index (χ4n) is 2.81. The molecule has 15 heavy (non-hydrogen) atoms. The molecule has 2 unspecified atom stereocenters. The predicted octanol–water partition coefficient (Wildman–Crippen LogP) is 2.69. The maximum Gasteiger partial charge on any atom is 0.336 e. The maximum atomic E-state index is 11.5. The number of rotatable bonds is 4. The summed E-state index contributed by atoms with van der Waals surface area (Å²) in [5, 5.41) is 9.41. The van der Waals surface area contributed by atoms with Crippen molar-refractivity contribution in [2.75, 3.05) is 6.61 Å². The molecule has 3 nitrogen and oxygen atoms in total. The van der Waals surface area contributed by atoms with E-state index < -0.39 is 11.6 Å². The third-order valence-corrected chi connectivity index (χ3v) is 3.48. The number of hydrogen-bond acceptors (Lipinski definition) is 2. The normalized spacial score (nSPS) is 31.9. The molecular formula is C12H22O3. The molecule has 0 saturated heterocycles. The van der Waals surface area contributed by atoms with Crippen molar-refractivity contribution in [1.29, 1.82) is 0 Å². The smallest absolute Gasteiger partial charge is 0.336 e. The van der Waals surface area contributed by atoms with Crippen molar-refractivity contribution >= 4 is 5.97 Å². The zero-order valence-corrected chi connectivity index (χ0v) is 9.95. The molecule has 88 valence electrons. The van der Waals surface area contributed by atoms with E-state index in [9.17, 15) is 9.90 Å². The minimum absolute atomic E-state index is 0.156. The van der Waals surface area contributed by atoms with Gasteiger partial charge in [0.15, 0.2) is 5.60 Å². The third-order valence-electron chi connectivity index (χ3n) is 3.48. The number of carbonyl (C=O) groups is 1. The predicted molar refractivity (Wildman–Crippen MR) is 58.8 cm³/mol. The van der Waals surface area contributed by atoms with Gasteiger partial charge >= 0.3 is 5.97 Å². The van der Waals surface area contributed by atoms with E-state index in [-0.39, 0.29) is 5.92 Å². The summed E-state index contributed by atoms with van der Waals surface area (Å²) in [5.74, 6) is -0.251. The van der Waals surface area contributed by atoms with Crippen LogP contribution < -0.4 is 0 Å². The van der Waals surface area contributed by atoms with Gasteiger partial charge in [-0.2, -0.15) is 0 Å². The summed E-state index contributed by atoms with van der Waals surface area (Å²) in [6.07, 6.45) is 3.74. The summed E-state index contributed by atoms with van der Waals surface area (Å²) in [5.41, 5.74) is -0.916. The Morgan fingerprint density at radius 3 is 2.67 bits per heavy atom. The number of carboxylic acids is 1. The molecule has 1 aliphatic rings. The first-order chi connectivity index (χ1) is 7.04. The number of carboxylic acid groups (broad SMARTS) is 1. The monoisotopic (exact) mass is 214 g/mol. The first-order valence-electron chi connectivity index (χ1n) is 5.92. The van der Waals surface area contributed by atoms with Gasteiger partial charge in [-0.25, -0.2) is 4.79 Å². The topological polar surface area (TPSA) is 46.5 Å². The number of aliphatic carboxylic acids is 1. The largest absolute Gasteiger partial charge is 0.479 e. The molecule has 1 fully saturated rings. The Hall–Kier alpha value is -0.570. The molecule has 1 rings (SSSR count). The highest BCUT2D eigenvalue weighted by Gasteiger charge is 2.49. The maximum absolute atomic E-state index is 11.5. The van der Waals surface area contributed by atoms with Crippen LogP contribution in [-0.2, 0) is 9.53 Å². The molecule has 2 atom stereocenters. The van der Waals surface area contributed by atoms with Crippen molar-refractivity contribution in [3.05, 3.63) is 0 Å². The molecule has 0 aromatic carbocycles. The Labute approximate surface area is 91.8 Å². The van der Waals surface area contributed by atoms with E-state index in [1.165, 1.54) is 0 Å². The minimum atomic E-state index is -0.916. The van der Waals surface area contributed by atoms with E-state index in [0.29, 0.717) is 18.9 Å². The molecule has 1 N–H and O–H groups in total. The van der Waals surface area contributed by atoms with Crippen LogP contribution in [0.15, 0.2) is 0 Å². The van der Waals surface area contributed by atoms with Gasteiger partial charge in [0.05, 0.1) is 0 Å². The molecule has 1 saturated carbocycles. The van der Waals surface area contributed by atoms with Crippen molar-refractivity contribution in [3.8, 4) is 0 Å². The Morgan fingerprint density at radius 1 is 1.53 bits per heavy atom. The molecule has 3 heteroatoms. The average molecular weight is 214 g/mol. The molecule has 0 radical (unpaired) electrons. The molecule has 0 aromatic heterocycles. The third kappa shape index (κ3) is 2.33. The van der Waals surface area contributed by atoms with Gasteiger partial charge in [0.2, 0.25) is 0 Å². The molecule has 0 heterocycles. The van der Waals surface area contributed by atoms with Crippen molar-refractivity contribution < 1.29 is 14.6 Å². The summed E-state index contributed by atoms with van der Waals surface area (Å²) < 4.78 is 5.61. The van der Waals surface area contributed by atoms with Gasteiger partial charge < -0.3 is 9.84 Å². The highest BCUT2D eigenvalue weighted by atomic mass is 16.5. The second kappa shape index (κ2) is 4.97. The van der Waals surface area contributed by atoms with Gasteiger partial charge in [0.25, 0.3) is 0 Å². The molecule has 0 bridgehead atoms. The lowest BCUT2D eigenvalue weighted by Crippen LogP contribution is -2.52. The highest BCUT2D eigenvalue weighted by Crippen LogP contribution is 2.41. The average Bonchev–Trinajstić information content (AvgIpc) is 2.18. The highest BCUT2D eigenvalue weighted by molar-refractivity contribution is 5.78. The van der Waals surface area contributed by atoms with E-state index in [1.807, 2.05) is 6.92 Å². The van der Waals surface area contributed by atoms with E-state index in [1.54, 1.807) is 0 Å². The zero-order valence-electron chi connectivity index (χ0n) is 9.95. The molecule has 0 aromatic rings. The van der Waals surface area contributed by atoms with Gasteiger partial charge in [0, 0.05) is 12.5 Å². The first kappa shape index (κ1) is 12.5. The number of ether oxygens (including phenoxy) is 1. The fourth-order valence-corrected chi connectivity index (χ4v) is 2.81. The second-order valence-electron chi connectivity index (χ2n) is 4.72. The van der Waals surface area contributed by atoms with Crippen molar-refractivity contribution in [3.63, 3.8) is 0 Å². The summed E-state index contributed by atoms with van der Waals surface area (Å²) in [6, 6.07) is 0. The Morgan fingerprint density at radius 2 is 2.20 bits per heavy atom. The van der Waals surface area contributed by atoms with Crippen LogP contribution in [0.5, 0.6) is 0 Å². The van der Waals surface area contributed by atoms with Gasteiger partial charge in [0.1, 0.15) is 0 Å². The SMILES string of the molecule is CCOC1(C(=O)O)CCCCC1C(C)C. The molecular weight excluding hydrogens is 192 g/mol. The lowest BCUT2D eigenvalue weighted by Gasteiger charge is -2.42. The van der Waals surface area contributed by atoms with Crippen molar-refractivity contribution in [2.45, 2.75) is 52.1 Å². The van der Waals surface area contributed by atoms with Crippen molar-refractivity contribution in [1.82, 2.24) is 0 Å². The molecule has 1 aliphatic carbocycles. The van der Waals surface area contributed by atoms with Crippen LogP contribution in [0.4, 0.5) is 0 Å². The fraction of sp³-hybridized carbons (Fsp3) is 0.917. The van der Waals surface area contributed by atoms with Gasteiger partial charge in [-0.05, 0) is 32.1 Å². The second-order valence-corrected chi connectivity index (χ2v) is 4.72. The van der Waals surface area contributed by atoms with Crippen molar-refractivity contribution in [2.24, 2.45) is 11.8 Å². The Bertz CT molecular complexity index is 221. The van der Waals surface area contributed by atoms with Crippen LogP contribution in [-0.4, -0.2) is 23.3 Å². The van der Waals surface area contributed by atoms with Crippen LogP contribution in [0.3, 0.4) is 0 Å². The lowest BCUT2D eigenvalue weighted by molar-refractivity contribution is -0.183. The minimum Gasteiger partial charge on any atom is -0.479 e. The van der Waals surface area contributed by atoms with Gasteiger partial charge in [-0.3, -0.25) is 0 Å². The van der Waals surface area contributed by atoms with Crippen LogP contribution in [0.2, 0.25) is 0 Å². The van der Waals surface area contributed by atoms with Crippen LogP contribution in [0.1, 0.15) is 46.5 Å². The van der Waals surface area contributed by atoms with Crippen LogP contribution in [0.25, 0.3) is 0 Å². The van der Waals surface area contributed by atoms with E-state index in [4.69, 9.17) is 4.74 Å². The quantitative estimate of drug-likeness (QED) is 0.782. The Balaban J connectivity index is 2.93. The molecule has 0 spiro atoms. The summed E-state index contributed by atoms with van der Waals surface area (Å²) in [6.45, 7) is 6.53. The standard InChI is InChI=1S/C12H22O3/c1-4-15-12(11(13)14)8-6-5-7-10(12)9(2)3/h9-10H,4-8H2,1-3H3,(H,13,14). The van der Waals surface area contributed by atoms with Gasteiger partial charge in [-0.15, -0.1) is 0 Å². The Kier molecular flexibility index (Phi) is 4.14. The molecule has 0 amide bonds. The number of hydrogen-bond donors (Lipinski definition) is 1. The molecule has 0 aliphatic heterocycles. The van der Waals surface area contributed by atoms with Gasteiger partial charge in [-0.1, -0.05) is 20.3 Å².